The Hall–Kier alpha value is -4.66. The van der Waals surface area contributed by atoms with E-state index in [1.165, 1.54) is 18.2 Å². The highest BCUT2D eigenvalue weighted by Crippen LogP contribution is 2.33. The molecule has 51 heavy (non-hydrogen) atoms. The van der Waals surface area contributed by atoms with Crippen molar-refractivity contribution in [1.29, 1.82) is 0 Å². The lowest BCUT2D eigenvalue weighted by Crippen LogP contribution is -2.38. The van der Waals surface area contributed by atoms with E-state index in [9.17, 15) is 18.3 Å². The molecule has 0 amide bonds. The fourth-order valence-electron chi connectivity index (χ4n) is 5.94. The Morgan fingerprint density at radius 3 is 2.41 bits per heavy atom. The first-order chi connectivity index (χ1) is 24.2. The number of nitrogens with zero attached hydrogens (tertiary/aromatic N) is 5. The molecule has 2 aromatic carbocycles. The average molecular weight is 718 g/mol. The first-order valence-corrected chi connectivity index (χ1v) is 18.5. The summed E-state index contributed by atoms with van der Waals surface area (Å²) in [5.74, 6) is -0.447. The van der Waals surface area contributed by atoms with Crippen molar-refractivity contribution >= 4 is 27.6 Å². The van der Waals surface area contributed by atoms with Crippen LogP contribution in [0.5, 0.6) is 5.88 Å². The van der Waals surface area contributed by atoms with Gasteiger partial charge in [-0.15, -0.1) is 0 Å². The van der Waals surface area contributed by atoms with Crippen LogP contribution < -0.4 is 19.7 Å². The minimum atomic E-state index is -4.26. The van der Waals surface area contributed by atoms with Crippen molar-refractivity contribution in [1.82, 2.24) is 25.3 Å². The van der Waals surface area contributed by atoms with Crippen LogP contribution in [0.1, 0.15) is 74.3 Å². The molecule has 4 aromatic rings. The van der Waals surface area contributed by atoms with Crippen LogP contribution in [-0.4, -0.2) is 78.4 Å². The number of aromatic carboxylic acids is 1. The molecule has 3 heterocycles. The highest BCUT2D eigenvalue weighted by atomic mass is 32.2. The Morgan fingerprint density at radius 2 is 1.75 bits per heavy atom. The van der Waals surface area contributed by atoms with Gasteiger partial charge in [-0.05, 0) is 54.0 Å². The maximum absolute atomic E-state index is 13.5. The van der Waals surface area contributed by atoms with Gasteiger partial charge in [0.25, 0.3) is 10.0 Å². The predicted molar refractivity (Wildman–Crippen MR) is 196 cm³/mol. The predicted octanol–water partition coefficient (Wildman–Crippen LogP) is 5.67. The molecule has 1 saturated heterocycles. The molecule has 0 radical (unpaired) electrons. The number of hydrogen-bond acceptors (Lipinski definition) is 11. The monoisotopic (exact) mass is 717 g/mol. The van der Waals surface area contributed by atoms with Crippen LogP contribution in [-0.2, 0) is 21.3 Å². The van der Waals surface area contributed by atoms with E-state index in [-0.39, 0.29) is 46.3 Å². The van der Waals surface area contributed by atoms with Crippen molar-refractivity contribution in [3.8, 4) is 17.1 Å². The molecule has 1 aliphatic heterocycles. The Labute approximate surface area is 299 Å². The summed E-state index contributed by atoms with van der Waals surface area (Å²) in [5.41, 5.74) is 4.11. The third kappa shape index (κ3) is 10.2. The number of aromatic nitrogens is 4. The van der Waals surface area contributed by atoms with E-state index in [2.05, 4.69) is 69.5 Å². The summed E-state index contributed by atoms with van der Waals surface area (Å²) in [5, 5.41) is 13.0. The van der Waals surface area contributed by atoms with Gasteiger partial charge in [-0.1, -0.05) is 58.9 Å². The number of carbonyl (C=O) groups is 1. The molecule has 0 unspecified atom stereocenters. The molecular weight excluding hydrogens is 671 g/mol. The van der Waals surface area contributed by atoms with E-state index in [4.69, 9.17) is 9.47 Å². The van der Waals surface area contributed by atoms with Gasteiger partial charge < -0.3 is 24.8 Å². The molecular formula is C37H47N7O6S. The third-order valence-electron chi connectivity index (χ3n) is 8.41. The SMILES string of the molecule is Cc1cccc(C(C)C)c1-c1cc(OC[C@@H](CC(C)(C)C)NCc2ncc(N3CCOCC3)cn2)nc(NS(=O)(=O)c2cccc(C(=O)O)c2)n1. The molecule has 13 nitrogen and oxygen atoms in total. The number of anilines is 2. The molecule has 0 bridgehead atoms. The van der Waals surface area contributed by atoms with Gasteiger partial charge in [0, 0.05) is 30.8 Å². The number of ether oxygens (including phenoxy) is 2. The summed E-state index contributed by atoms with van der Waals surface area (Å²) in [6, 6.07) is 12.7. The number of carboxylic acids is 1. The van der Waals surface area contributed by atoms with E-state index in [1.54, 1.807) is 6.07 Å². The maximum atomic E-state index is 13.5. The number of carboxylic acid groups (broad SMARTS) is 1. The molecule has 0 aliphatic carbocycles. The van der Waals surface area contributed by atoms with Crippen molar-refractivity contribution in [3.05, 3.63) is 83.4 Å². The summed E-state index contributed by atoms with van der Waals surface area (Å²) in [4.78, 5) is 31.8. The third-order valence-corrected chi connectivity index (χ3v) is 9.74. The lowest BCUT2D eigenvalue weighted by molar-refractivity contribution is 0.0696. The second-order valence-corrected chi connectivity index (χ2v) is 15.8. The van der Waals surface area contributed by atoms with Crippen LogP contribution in [0.2, 0.25) is 0 Å². The van der Waals surface area contributed by atoms with Crippen molar-refractivity contribution in [3.63, 3.8) is 0 Å². The van der Waals surface area contributed by atoms with Crippen molar-refractivity contribution in [2.45, 2.75) is 71.4 Å². The van der Waals surface area contributed by atoms with Crippen LogP contribution >= 0.6 is 0 Å². The van der Waals surface area contributed by atoms with Crippen LogP contribution in [0.4, 0.5) is 11.6 Å². The first kappa shape index (κ1) is 37.6. The zero-order chi connectivity index (χ0) is 36.8. The van der Waals surface area contributed by atoms with Crippen LogP contribution in [0.3, 0.4) is 0 Å². The highest BCUT2D eigenvalue weighted by Gasteiger charge is 2.23. The molecule has 2 aromatic heterocycles. The number of morpholine rings is 1. The molecule has 0 saturated carbocycles. The highest BCUT2D eigenvalue weighted by molar-refractivity contribution is 7.92. The van der Waals surface area contributed by atoms with E-state index in [0.717, 1.165) is 48.0 Å². The molecule has 14 heteroatoms. The number of hydrogen-bond donors (Lipinski definition) is 3. The summed E-state index contributed by atoms with van der Waals surface area (Å²) in [6.45, 7) is 16.2. The zero-order valence-corrected chi connectivity index (χ0v) is 30.8. The summed E-state index contributed by atoms with van der Waals surface area (Å²) < 4.78 is 41.2. The average Bonchev–Trinajstić information content (AvgIpc) is 3.09. The number of aryl methyl sites for hydroxylation is 1. The van der Waals surface area contributed by atoms with Gasteiger partial charge in [0.15, 0.2) is 0 Å². The summed E-state index contributed by atoms with van der Waals surface area (Å²) in [7, 11) is -4.26. The van der Waals surface area contributed by atoms with Crippen LogP contribution in [0.25, 0.3) is 11.3 Å². The molecule has 5 rings (SSSR count). The lowest BCUT2D eigenvalue weighted by atomic mass is 9.88. The number of rotatable bonds is 14. The minimum Gasteiger partial charge on any atom is -0.478 e. The maximum Gasteiger partial charge on any atom is 0.335 e. The minimum absolute atomic E-state index is 0.0441. The van der Waals surface area contributed by atoms with Gasteiger partial charge in [-0.3, -0.25) is 0 Å². The van der Waals surface area contributed by atoms with E-state index >= 15 is 0 Å². The molecule has 3 N–H and O–H groups in total. The van der Waals surface area contributed by atoms with Gasteiger partial charge in [0.2, 0.25) is 11.8 Å². The topological polar surface area (TPSA) is 169 Å². The number of nitrogens with one attached hydrogen (secondary N) is 2. The lowest BCUT2D eigenvalue weighted by Gasteiger charge is -2.28. The number of benzene rings is 2. The van der Waals surface area contributed by atoms with E-state index in [0.29, 0.717) is 31.3 Å². The molecule has 1 aliphatic rings. The van der Waals surface area contributed by atoms with Crippen LogP contribution in [0.15, 0.2) is 65.8 Å². The van der Waals surface area contributed by atoms with Gasteiger partial charge in [-0.25, -0.2) is 32.9 Å². The first-order valence-electron chi connectivity index (χ1n) is 17.0. The number of sulfonamides is 1. The van der Waals surface area contributed by atoms with E-state index in [1.807, 2.05) is 37.5 Å². The van der Waals surface area contributed by atoms with Gasteiger partial charge in [0.1, 0.15) is 12.4 Å². The van der Waals surface area contributed by atoms with Crippen molar-refractivity contribution in [2.75, 3.05) is 42.5 Å². The van der Waals surface area contributed by atoms with Crippen molar-refractivity contribution in [2.24, 2.45) is 5.41 Å². The fourth-order valence-corrected chi connectivity index (χ4v) is 6.93. The summed E-state index contributed by atoms with van der Waals surface area (Å²) in [6.07, 6.45) is 4.43. The Morgan fingerprint density at radius 1 is 1.04 bits per heavy atom. The van der Waals surface area contributed by atoms with Crippen LogP contribution in [0, 0.1) is 12.3 Å². The summed E-state index contributed by atoms with van der Waals surface area (Å²) >= 11 is 0. The zero-order valence-electron chi connectivity index (χ0n) is 30.0. The van der Waals surface area contributed by atoms with E-state index < -0.39 is 16.0 Å². The van der Waals surface area contributed by atoms with Crippen molar-refractivity contribution < 1.29 is 27.8 Å². The standard InChI is InChI=1S/C37H47N7O6S/c1-24(2)30-12-7-9-25(3)34(30)31-18-33(42-36(41-31)43-51(47,48)29-11-8-10-26(17-29)35(45)46)50-23-27(19-37(4,5)6)38-22-32-39-20-28(21-40-32)44-13-15-49-16-14-44/h7-12,17-18,20-21,24,27,38H,13-16,19,22-23H2,1-6H3,(H,45,46)(H,41,42,43)/t27-/m1/s1. The second kappa shape index (κ2) is 16.1. The quantitative estimate of drug-likeness (QED) is 0.146. The Kier molecular flexibility index (Phi) is 11.9. The fraction of sp³-hybridized carbons (Fsp3) is 0.432. The second-order valence-electron chi connectivity index (χ2n) is 14.2. The molecule has 272 valence electrons. The Balaban J connectivity index is 1.41. The molecule has 0 spiro atoms. The normalized spacial score (nSPS) is 14.4. The molecule has 1 atom stereocenters. The Bertz CT molecular complexity index is 1920. The molecule has 1 fully saturated rings. The van der Waals surface area contributed by atoms with Gasteiger partial charge in [-0.2, -0.15) is 4.98 Å². The smallest absolute Gasteiger partial charge is 0.335 e. The van der Waals surface area contributed by atoms with Gasteiger partial charge >= 0.3 is 5.97 Å². The largest absolute Gasteiger partial charge is 0.478 e. The van der Waals surface area contributed by atoms with Gasteiger partial charge in [0.05, 0.1) is 54.0 Å².